The highest BCUT2D eigenvalue weighted by atomic mass is 19.5. The van der Waals surface area contributed by atoms with Crippen LogP contribution in [0.5, 0.6) is 0 Å². The summed E-state index contributed by atoms with van der Waals surface area (Å²) in [5.74, 6) is 0. The molecule has 0 radical (unpaired) electrons. The van der Waals surface area contributed by atoms with Gasteiger partial charge in [0.05, 0.1) is 5.69 Å². The molecular formula is C19H17BF4N4. The molecule has 0 unspecified atom stereocenters. The third kappa shape index (κ3) is 4.73. The van der Waals surface area contributed by atoms with E-state index in [4.69, 9.17) is 4.98 Å². The molecule has 4 aromatic rings. The van der Waals surface area contributed by atoms with Gasteiger partial charge in [0.25, 0.3) is 5.65 Å². The highest BCUT2D eigenvalue weighted by Gasteiger charge is 2.21. The lowest BCUT2D eigenvalue weighted by Gasteiger charge is -1.97. The number of hydrogen-bond donors (Lipinski definition) is 0. The number of fused-ring (bicyclic) bond motifs is 1. The van der Waals surface area contributed by atoms with E-state index >= 15 is 0 Å². The van der Waals surface area contributed by atoms with Crippen molar-refractivity contribution in [1.29, 1.82) is 0 Å². The first-order valence-corrected chi connectivity index (χ1v) is 8.63. The van der Waals surface area contributed by atoms with Crippen molar-refractivity contribution in [2.75, 3.05) is 0 Å². The minimum atomic E-state index is -6.00. The molecule has 2 heterocycles. The highest BCUT2D eigenvalue weighted by Crippen LogP contribution is 2.16. The van der Waals surface area contributed by atoms with Crippen LogP contribution in [-0.2, 0) is 6.42 Å². The van der Waals surface area contributed by atoms with Gasteiger partial charge in [0, 0.05) is 0 Å². The van der Waals surface area contributed by atoms with Gasteiger partial charge < -0.3 is 17.3 Å². The Morgan fingerprint density at radius 3 is 2.07 bits per heavy atom. The molecule has 0 saturated heterocycles. The van der Waals surface area contributed by atoms with Crippen molar-refractivity contribution >= 4 is 18.5 Å². The predicted molar refractivity (Wildman–Crippen MR) is 100.0 cm³/mol. The molecule has 4 nitrogen and oxygen atoms in total. The summed E-state index contributed by atoms with van der Waals surface area (Å²) in [7, 11) is -6.00. The van der Waals surface area contributed by atoms with Crippen LogP contribution in [0.3, 0.4) is 0 Å². The summed E-state index contributed by atoms with van der Waals surface area (Å²) >= 11 is 0. The maximum absolute atomic E-state index is 9.75. The normalized spacial score (nSPS) is 11.2. The predicted octanol–water partition coefficient (Wildman–Crippen LogP) is 4.56. The number of para-hydroxylation sites is 2. The molecular weight excluding hydrogens is 371 g/mol. The molecule has 9 heteroatoms. The van der Waals surface area contributed by atoms with Crippen molar-refractivity contribution < 1.29 is 21.8 Å². The monoisotopic (exact) mass is 388 g/mol. The fraction of sp³-hybridized carbons (Fsp3) is 0.105. The summed E-state index contributed by atoms with van der Waals surface area (Å²) in [4.78, 5) is 9.45. The molecule has 0 N–H and O–H groups in total. The molecule has 4 rings (SSSR count). The molecule has 0 atom stereocenters. The summed E-state index contributed by atoms with van der Waals surface area (Å²) in [6.45, 7) is 2.09. The van der Waals surface area contributed by atoms with Gasteiger partial charge in [0.2, 0.25) is 6.33 Å². The van der Waals surface area contributed by atoms with Crippen LogP contribution in [0.25, 0.3) is 22.7 Å². The number of hydrogen-bond acceptors (Lipinski definition) is 2. The second kappa shape index (κ2) is 8.20. The first kappa shape index (κ1) is 19.5. The largest absolute Gasteiger partial charge is 0.673 e. The first-order valence-electron chi connectivity index (χ1n) is 8.63. The Hall–Kier alpha value is -3.23. The lowest BCUT2D eigenvalue weighted by molar-refractivity contribution is -0.570. The zero-order chi connectivity index (χ0) is 20.1. The van der Waals surface area contributed by atoms with Crippen LogP contribution in [0.2, 0.25) is 0 Å². The van der Waals surface area contributed by atoms with E-state index in [1.54, 1.807) is 0 Å². The van der Waals surface area contributed by atoms with E-state index in [0.29, 0.717) is 0 Å². The van der Waals surface area contributed by atoms with E-state index in [1.165, 1.54) is 0 Å². The molecule has 0 spiro atoms. The Morgan fingerprint density at radius 1 is 0.929 bits per heavy atom. The Bertz CT molecular complexity index is 1040. The Balaban J connectivity index is 0.000000403. The maximum atomic E-state index is 9.75. The zero-order valence-corrected chi connectivity index (χ0v) is 15.0. The Morgan fingerprint density at radius 2 is 1.50 bits per heavy atom. The van der Waals surface area contributed by atoms with E-state index in [2.05, 4.69) is 51.6 Å². The molecule has 0 bridgehead atoms. The number of rotatable bonds is 3. The molecule has 0 amide bonds. The van der Waals surface area contributed by atoms with Crippen molar-refractivity contribution in [3.63, 3.8) is 0 Å². The third-order valence-corrected chi connectivity index (χ3v) is 3.90. The SMILES string of the molecule is CCc1cnc2c(n1)n(-c1ccccc1)c[n+]2-c1ccccc1.F[B-](F)(F)F. The summed E-state index contributed by atoms with van der Waals surface area (Å²) in [5, 5.41) is 0. The molecule has 0 aliphatic carbocycles. The van der Waals surface area contributed by atoms with E-state index in [0.717, 1.165) is 34.8 Å². The van der Waals surface area contributed by atoms with Crippen LogP contribution in [0, 0.1) is 0 Å². The minimum absolute atomic E-state index is 0.859. The van der Waals surface area contributed by atoms with Crippen LogP contribution in [-0.4, -0.2) is 21.8 Å². The molecule has 28 heavy (non-hydrogen) atoms. The quantitative estimate of drug-likeness (QED) is 0.293. The van der Waals surface area contributed by atoms with Crippen molar-refractivity contribution in [2.45, 2.75) is 13.3 Å². The lowest BCUT2D eigenvalue weighted by Crippen LogP contribution is -2.29. The maximum Gasteiger partial charge on any atom is 0.673 e. The van der Waals surface area contributed by atoms with E-state index in [9.17, 15) is 17.3 Å². The minimum Gasteiger partial charge on any atom is -0.418 e. The standard InChI is InChI=1S/C19H17N4.BF4/c1-2-15-13-20-18-19(21-15)23(17-11-7-4-8-12-17)14-22(18)16-9-5-3-6-10-16;2-1(3,4)5/h3-14H,2H2,1H3;/q+1;-1. The van der Waals surface area contributed by atoms with E-state index in [-0.39, 0.29) is 0 Å². The number of aryl methyl sites for hydroxylation is 1. The smallest absolute Gasteiger partial charge is 0.418 e. The van der Waals surface area contributed by atoms with Gasteiger partial charge in [-0.2, -0.15) is 4.57 Å². The van der Waals surface area contributed by atoms with Crippen LogP contribution >= 0.6 is 0 Å². The number of nitrogens with zero attached hydrogens (tertiary/aromatic N) is 4. The topological polar surface area (TPSA) is 34.6 Å². The number of benzene rings is 2. The summed E-state index contributed by atoms with van der Waals surface area (Å²) in [6.07, 6.45) is 4.78. The average molecular weight is 388 g/mol. The second-order valence-corrected chi connectivity index (χ2v) is 5.88. The van der Waals surface area contributed by atoms with E-state index < -0.39 is 7.25 Å². The molecule has 0 fully saturated rings. The number of imidazole rings is 1. The van der Waals surface area contributed by atoms with Gasteiger partial charge in [-0.3, -0.25) is 0 Å². The van der Waals surface area contributed by atoms with Gasteiger partial charge in [-0.1, -0.05) is 43.3 Å². The zero-order valence-electron chi connectivity index (χ0n) is 15.0. The van der Waals surface area contributed by atoms with Gasteiger partial charge in [0.15, 0.2) is 0 Å². The number of aromatic nitrogens is 4. The van der Waals surface area contributed by atoms with Gasteiger partial charge in [-0.05, 0) is 30.7 Å². The van der Waals surface area contributed by atoms with Crippen molar-refractivity contribution in [1.82, 2.24) is 14.5 Å². The highest BCUT2D eigenvalue weighted by molar-refractivity contribution is 6.50. The lowest BCUT2D eigenvalue weighted by atomic mass is 10.3. The Kier molecular flexibility index (Phi) is 5.72. The van der Waals surface area contributed by atoms with Gasteiger partial charge in [-0.15, -0.1) is 4.98 Å². The summed E-state index contributed by atoms with van der Waals surface area (Å²) < 4.78 is 43.2. The third-order valence-electron chi connectivity index (χ3n) is 3.90. The summed E-state index contributed by atoms with van der Waals surface area (Å²) in [6, 6.07) is 20.5. The molecule has 2 aromatic carbocycles. The fourth-order valence-electron chi connectivity index (χ4n) is 2.69. The van der Waals surface area contributed by atoms with Crippen molar-refractivity contribution in [3.8, 4) is 11.4 Å². The Labute approximate surface area is 159 Å². The van der Waals surface area contributed by atoms with Gasteiger partial charge in [-0.25, -0.2) is 9.55 Å². The van der Waals surface area contributed by atoms with Gasteiger partial charge >= 0.3 is 12.9 Å². The van der Waals surface area contributed by atoms with Crippen LogP contribution in [0.4, 0.5) is 17.3 Å². The van der Waals surface area contributed by atoms with Crippen molar-refractivity contribution in [3.05, 3.63) is 78.9 Å². The molecule has 2 aromatic heterocycles. The second-order valence-electron chi connectivity index (χ2n) is 5.88. The number of halogens is 4. The van der Waals surface area contributed by atoms with Gasteiger partial charge in [0.1, 0.15) is 17.6 Å². The first-order chi connectivity index (χ1) is 13.4. The molecule has 0 saturated carbocycles. The average Bonchev–Trinajstić information content (AvgIpc) is 3.07. The molecule has 0 aliphatic heterocycles. The summed E-state index contributed by atoms with van der Waals surface area (Å²) in [5.41, 5.74) is 4.88. The molecule has 144 valence electrons. The van der Waals surface area contributed by atoms with Crippen molar-refractivity contribution in [2.24, 2.45) is 0 Å². The van der Waals surface area contributed by atoms with Crippen LogP contribution in [0.15, 0.2) is 73.2 Å². The van der Waals surface area contributed by atoms with E-state index in [1.807, 2.05) is 42.6 Å². The molecule has 0 aliphatic rings. The fourth-order valence-corrected chi connectivity index (χ4v) is 2.69. The van der Waals surface area contributed by atoms with Crippen LogP contribution in [0.1, 0.15) is 12.6 Å². The van der Waals surface area contributed by atoms with Crippen LogP contribution < -0.4 is 4.57 Å².